The second-order valence-corrected chi connectivity index (χ2v) is 19.2. The molecule has 4 rings (SSSR count). The molecule has 298 valence electrons. The number of nitrogens with two attached hydrogens (primary N) is 1. The van der Waals surface area contributed by atoms with Crippen molar-refractivity contribution in [2.45, 2.75) is 24.5 Å². The average molecular weight is 894 g/mol. The number of sulfone groups is 1. The Labute approximate surface area is 308 Å². The van der Waals surface area contributed by atoms with Crippen molar-refractivity contribution < 1.29 is 87.0 Å². The van der Waals surface area contributed by atoms with Gasteiger partial charge in [0.05, 0.1) is 34.0 Å². The van der Waals surface area contributed by atoms with E-state index in [2.05, 4.69) is 24.6 Å². The van der Waals surface area contributed by atoms with Gasteiger partial charge in [0.2, 0.25) is 0 Å². The van der Waals surface area contributed by atoms with E-state index in [4.69, 9.17) is 10.3 Å². The lowest BCUT2D eigenvalue weighted by Crippen LogP contribution is -2.16. The van der Waals surface area contributed by atoms with Crippen LogP contribution in [0, 0.1) is 5.82 Å². The molecule has 0 aliphatic rings. The van der Waals surface area contributed by atoms with Gasteiger partial charge in [-0.1, -0.05) is 0 Å². The molecule has 0 saturated carbocycles. The van der Waals surface area contributed by atoms with Gasteiger partial charge in [0, 0.05) is 0 Å². The average Bonchev–Trinajstić information content (AvgIpc) is 3.01. The molecule has 31 heteroatoms. The first-order valence-corrected chi connectivity index (χ1v) is 22.3. The van der Waals surface area contributed by atoms with Crippen molar-refractivity contribution in [3.8, 4) is 5.75 Å². The highest BCUT2D eigenvalue weighted by Crippen LogP contribution is 2.48. The molecule has 4 aromatic carbocycles. The number of rotatable bonds is 13. The lowest BCUT2D eigenvalue weighted by Gasteiger charge is -2.14. The van der Waals surface area contributed by atoms with Crippen LogP contribution in [0.2, 0.25) is 0 Å². The summed E-state index contributed by atoms with van der Waals surface area (Å²) in [5, 5.41) is 23.6. The Morgan fingerprint density at radius 3 is 1.67 bits per heavy atom. The fourth-order valence-electron chi connectivity index (χ4n) is 4.41. The van der Waals surface area contributed by atoms with E-state index in [1.54, 1.807) is 0 Å². The Morgan fingerprint density at radius 2 is 1.15 bits per heavy atom. The summed E-state index contributed by atoms with van der Waals surface area (Å²) < 4.78 is 209. The SMILES string of the molecule is Nc1c(N=Nc2ccc(F)c(S(=O)(=O)O)c2)c(S(=O)(=O)O)cc2cc(S(=O)(=O)O)c(N=Nc3ccc(S(=O)(=O)CCOS(=O)(=O)O)cc3S(=O)(=O)O)c(O)c12. The molecule has 55 heavy (non-hydrogen) atoms. The molecule has 0 aliphatic carbocycles. The van der Waals surface area contributed by atoms with Crippen molar-refractivity contribution in [1.29, 1.82) is 0 Å². The van der Waals surface area contributed by atoms with Gasteiger partial charge >= 0.3 is 10.4 Å². The van der Waals surface area contributed by atoms with Crippen LogP contribution in [-0.4, -0.2) is 90.7 Å². The third kappa shape index (κ3) is 9.96. The zero-order valence-corrected chi connectivity index (χ0v) is 31.1. The number of nitrogens with zero attached hydrogens (tertiary/aromatic N) is 4. The van der Waals surface area contributed by atoms with Crippen molar-refractivity contribution in [2.24, 2.45) is 20.5 Å². The molecule has 0 amide bonds. The Balaban J connectivity index is 1.96. The van der Waals surface area contributed by atoms with Crippen LogP contribution in [0.25, 0.3) is 10.8 Å². The third-order valence-corrected chi connectivity index (χ3v) is 12.4. The summed E-state index contributed by atoms with van der Waals surface area (Å²) in [7, 11) is -31.1. The largest absolute Gasteiger partial charge is 0.505 e. The van der Waals surface area contributed by atoms with Crippen molar-refractivity contribution in [3.63, 3.8) is 0 Å². The standard InChI is InChI=1S/C24H20FN5O19S6/c25-14-3-1-12(9-16(14)51(34,35)36)27-29-22-18(53(40,41)42)7-11-8-19(54(43,44)45)23(24(31)20(11)21(22)26)30-28-15-4-2-13(10-17(15)52(37,38)39)50(32,33)6-5-49-55(46,47)48/h1-4,7-10,31H,5-6,26H2,(H,34,35,36)(H,37,38,39)(H,40,41,42)(H,43,44,45)(H,46,47,48). The maximum absolute atomic E-state index is 13.9. The highest BCUT2D eigenvalue weighted by molar-refractivity contribution is 7.91. The summed E-state index contributed by atoms with van der Waals surface area (Å²) in [6, 6.07) is 4.23. The van der Waals surface area contributed by atoms with E-state index in [1.165, 1.54) is 0 Å². The maximum atomic E-state index is 13.9. The smallest absolute Gasteiger partial charge is 0.397 e. The predicted octanol–water partition coefficient (Wildman–Crippen LogP) is 2.68. The molecule has 0 aliphatic heterocycles. The number of halogens is 1. The van der Waals surface area contributed by atoms with E-state index in [-0.39, 0.29) is 0 Å². The zero-order chi connectivity index (χ0) is 41.7. The van der Waals surface area contributed by atoms with Gasteiger partial charge in [-0.15, -0.1) is 15.3 Å². The lowest BCUT2D eigenvalue weighted by molar-refractivity contribution is 0.284. The molecule has 0 aromatic heterocycles. The maximum Gasteiger partial charge on any atom is 0.397 e. The van der Waals surface area contributed by atoms with Crippen LogP contribution >= 0.6 is 0 Å². The summed E-state index contributed by atoms with van der Waals surface area (Å²) >= 11 is 0. The van der Waals surface area contributed by atoms with E-state index >= 15 is 0 Å². The van der Waals surface area contributed by atoms with Crippen molar-refractivity contribution in [1.82, 2.24) is 0 Å². The second-order valence-electron chi connectivity index (χ2n) is 10.4. The highest BCUT2D eigenvalue weighted by Gasteiger charge is 2.29. The lowest BCUT2D eigenvalue weighted by atomic mass is 10.1. The molecule has 0 saturated heterocycles. The topological polar surface area (TPSA) is 411 Å². The van der Waals surface area contributed by atoms with Gasteiger partial charge in [0.15, 0.2) is 15.6 Å². The number of benzene rings is 4. The normalized spacial score (nSPS) is 13.6. The first-order chi connectivity index (χ1) is 24.9. The van der Waals surface area contributed by atoms with Gasteiger partial charge < -0.3 is 10.8 Å². The van der Waals surface area contributed by atoms with Crippen LogP contribution in [0.5, 0.6) is 5.75 Å². The van der Waals surface area contributed by atoms with Crippen LogP contribution in [0.1, 0.15) is 0 Å². The minimum Gasteiger partial charge on any atom is -0.505 e. The summed E-state index contributed by atoms with van der Waals surface area (Å²) in [6.45, 7) is -1.14. The number of fused-ring (bicyclic) bond motifs is 1. The zero-order valence-electron chi connectivity index (χ0n) is 26.2. The molecule has 4 aromatic rings. The van der Waals surface area contributed by atoms with E-state index in [0.29, 0.717) is 42.5 Å². The first kappa shape index (κ1) is 43.1. The van der Waals surface area contributed by atoms with Gasteiger partial charge in [0.1, 0.15) is 42.5 Å². The van der Waals surface area contributed by atoms with Gasteiger partial charge in [-0.3, -0.25) is 22.8 Å². The monoisotopic (exact) mass is 893 g/mol. The molecule has 0 atom stereocenters. The highest BCUT2D eigenvalue weighted by atomic mass is 32.3. The number of phenols is 1. The fourth-order valence-corrected chi connectivity index (χ4v) is 8.56. The Hall–Kier alpha value is -4.67. The first-order valence-electron chi connectivity index (χ1n) is 13.6. The van der Waals surface area contributed by atoms with Crippen molar-refractivity contribution in [3.05, 3.63) is 54.3 Å². The van der Waals surface area contributed by atoms with E-state index in [1.807, 2.05) is 0 Å². The number of aromatic hydroxyl groups is 1. The van der Waals surface area contributed by atoms with Crippen molar-refractivity contribution >= 4 is 99.9 Å². The summed E-state index contributed by atoms with van der Waals surface area (Å²) in [4.78, 5) is -6.09. The quantitative estimate of drug-likeness (QED) is 0.0576. The van der Waals surface area contributed by atoms with Gasteiger partial charge in [0.25, 0.3) is 40.5 Å². The van der Waals surface area contributed by atoms with Crippen LogP contribution < -0.4 is 5.73 Å². The summed E-state index contributed by atoms with van der Waals surface area (Å²) in [6.07, 6.45) is 0. The number of hydrogen-bond donors (Lipinski definition) is 7. The number of azo groups is 2. The van der Waals surface area contributed by atoms with Crippen LogP contribution in [0.4, 0.5) is 32.8 Å². The molecule has 0 unspecified atom stereocenters. The van der Waals surface area contributed by atoms with Crippen LogP contribution in [0.3, 0.4) is 0 Å². The second kappa shape index (κ2) is 14.8. The minimum atomic E-state index is -5.50. The Bertz CT molecular complexity index is 3030. The van der Waals surface area contributed by atoms with Gasteiger partial charge in [-0.25, -0.2) is 17.0 Å². The van der Waals surface area contributed by atoms with Crippen LogP contribution in [0.15, 0.2) is 93.5 Å². The third-order valence-electron chi connectivity index (χ3n) is 6.74. The predicted molar refractivity (Wildman–Crippen MR) is 180 cm³/mol. The Morgan fingerprint density at radius 1 is 0.618 bits per heavy atom. The molecule has 0 spiro atoms. The van der Waals surface area contributed by atoms with E-state index in [9.17, 15) is 78.2 Å². The molecule has 0 radical (unpaired) electrons. The summed E-state index contributed by atoms with van der Waals surface area (Å²) in [5.41, 5.74) is 1.28. The molecular formula is C24H20FN5O19S6. The minimum absolute atomic E-state index is 0.308. The summed E-state index contributed by atoms with van der Waals surface area (Å²) in [5.74, 6) is -3.95. The number of hydrogen-bond acceptors (Lipinski definition) is 19. The van der Waals surface area contributed by atoms with E-state index < -0.39 is 148 Å². The van der Waals surface area contributed by atoms with Gasteiger partial charge in [-0.2, -0.15) is 47.2 Å². The number of nitrogen functional groups attached to an aromatic ring is 1. The number of phenolic OH excluding ortho intramolecular Hbond substituents is 1. The van der Waals surface area contributed by atoms with Gasteiger partial charge in [-0.05, 0) is 53.9 Å². The molecule has 8 N–H and O–H groups in total. The Kier molecular flexibility index (Phi) is 11.6. The van der Waals surface area contributed by atoms with Crippen molar-refractivity contribution in [2.75, 3.05) is 18.1 Å². The number of anilines is 1. The fraction of sp³-hybridized carbons (Fsp3) is 0.0833. The van der Waals surface area contributed by atoms with Crippen LogP contribution in [-0.2, 0) is 64.9 Å². The molecule has 24 nitrogen and oxygen atoms in total. The molecular weight excluding hydrogens is 874 g/mol. The van der Waals surface area contributed by atoms with E-state index in [0.717, 1.165) is 6.07 Å². The molecule has 0 heterocycles. The molecule has 0 fully saturated rings. The molecule has 0 bridgehead atoms.